The number of hydrogen-bond donors (Lipinski definition) is 0. The van der Waals surface area contributed by atoms with Crippen LogP contribution < -0.4 is 0 Å². The summed E-state index contributed by atoms with van der Waals surface area (Å²) < 4.78 is 5.47. The van der Waals surface area contributed by atoms with Crippen molar-refractivity contribution in [2.45, 2.75) is 110 Å². The average Bonchev–Trinajstić information content (AvgIpc) is 3.01. The fourth-order valence-electron chi connectivity index (χ4n) is 4.97. The number of nitrogens with zero attached hydrogens (tertiary/aromatic N) is 1. The van der Waals surface area contributed by atoms with Gasteiger partial charge >= 0.3 is 0 Å². The minimum Gasteiger partial charge on any atom is -0.272 e. The van der Waals surface area contributed by atoms with Crippen molar-refractivity contribution in [1.82, 2.24) is 0 Å². The van der Waals surface area contributed by atoms with E-state index in [9.17, 15) is 0 Å². The third kappa shape index (κ3) is 19.7. The summed E-state index contributed by atoms with van der Waals surface area (Å²) in [6, 6.07) is 0. The SMILES string of the molecule is CC(=CC(C)C)C(C)=CC(C)C.CC(C)(C)CP(CC(C)(C)C)(CC(C)(C)C)=NC1=CC=CC1.[Ti]. The molecule has 0 N–H and O–H groups in total. The van der Waals surface area contributed by atoms with Crippen LogP contribution in [0.25, 0.3) is 0 Å². The second-order valence-electron chi connectivity index (χ2n) is 14.8. The summed E-state index contributed by atoms with van der Waals surface area (Å²) in [5.41, 5.74) is 5.14. The van der Waals surface area contributed by atoms with Crippen molar-refractivity contribution in [1.29, 1.82) is 0 Å². The van der Waals surface area contributed by atoms with Crippen molar-refractivity contribution in [3.05, 3.63) is 47.2 Å². The number of allylic oxidation sites excluding steroid dienone is 7. The minimum absolute atomic E-state index is 0. The molecule has 1 aliphatic carbocycles. The summed E-state index contributed by atoms with van der Waals surface area (Å²) in [5.74, 6) is 1.31. The van der Waals surface area contributed by atoms with E-state index in [1.165, 1.54) is 35.3 Å². The van der Waals surface area contributed by atoms with Crippen LogP contribution in [0.1, 0.15) is 110 Å². The molecule has 0 saturated heterocycles. The average molecular weight is 538 g/mol. The Labute approximate surface area is 236 Å². The predicted octanol–water partition coefficient (Wildman–Crippen LogP) is 11.4. The maximum Gasteiger partial charge on any atom is 0.0425 e. The second-order valence-corrected chi connectivity index (χ2v) is 18.2. The van der Waals surface area contributed by atoms with E-state index in [1.54, 1.807) is 0 Å². The van der Waals surface area contributed by atoms with Crippen molar-refractivity contribution in [3.8, 4) is 0 Å². The first kappa shape index (κ1) is 37.1. The fourth-order valence-corrected chi connectivity index (χ4v) is 11.5. The molecule has 1 rings (SSSR count). The first-order valence-corrected chi connectivity index (χ1v) is 15.8. The van der Waals surface area contributed by atoms with E-state index in [0.717, 1.165) is 6.42 Å². The molecule has 1 nitrogen and oxygen atoms in total. The molecule has 35 heavy (non-hydrogen) atoms. The van der Waals surface area contributed by atoms with Gasteiger partial charge in [-0.15, -0.1) is 0 Å². The molecule has 0 fully saturated rings. The Morgan fingerprint density at radius 3 is 1.34 bits per heavy atom. The molecule has 0 aliphatic heterocycles. The van der Waals surface area contributed by atoms with E-state index >= 15 is 0 Å². The number of rotatable bonds is 7. The zero-order valence-corrected chi connectivity index (χ0v) is 28.7. The van der Waals surface area contributed by atoms with Gasteiger partial charge < -0.3 is 0 Å². The third-order valence-electron chi connectivity index (χ3n) is 5.19. The van der Waals surface area contributed by atoms with E-state index in [2.05, 4.69) is 134 Å². The minimum atomic E-state index is -1.39. The van der Waals surface area contributed by atoms with Crippen molar-refractivity contribution in [2.75, 3.05) is 18.5 Å². The summed E-state index contributed by atoms with van der Waals surface area (Å²) in [6.45, 7) is 34.6. The normalized spacial score (nSPS) is 15.6. The van der Waals surface area contributed by atoms with Crippen molar-refractivity contribution in [2.24, 2.45) is 32.8 Å². The summed E-state index contributed by atoms with van der Waals surface area (Å²) >= 11 is 0. The summed E-state index contributed by atoms with van der Waals surface area (Å²) in [4.78, 5) is 0. The van der Waals surface area contributed by atoms with E-state index in [4.69, 9.17) is 4.74 Å². The van der Waals surface area contributed by atoms with Gasteiger partial charge in [-0.2, -0.15) is 0 Å². The maximum atomic E-state index is 5.47. The van der Waals surface area contributed by atoms with Crippen LogP contribution in [0.15, 0.2) is 52.0 Å². The third-order valence-corrected chi connectivity index (χ3v) is 10.5. The Hall–Kier alpha value is -0.0957. The molecule has 0 aromatic rings. The van der Waals surface area contributed by atoms with E-state index in [0.29, 0.717) is 28.1 Å². The van der Waals surface area contributed by atoms with Crippen molar-refractivity contribution in [3.63, 3.8) is 0 Å². The molecule has 0 amide bonds. The van der Waals surface area contributed by atoms with Crippen LogP contribution >= 0.6 is 7.05 Å². The quantitative estimate of drug-likeness (QED) is 0.174. The smallest absolute Gasteiger partial charge is 0.0425 e. The molecule has 0 saturated carbocycles. The zero-order chi connectivity index (χ0) is 27.0. The first-order chi connectivity index (χ1) is 15.1. The monoisotopic (exact) mass is 537 g/mol. The Morgan fingerprint density at radius 1 is 0.771 bits per heavy atom. The van der Waals surface area contributed by atoms with Crippen molar-refractivity contribution >= 4 is 7.05 Å². The van der Waals surface area contributed by atoms with Crippen molar-refractivity contribution < 1.29 is 21.7 Å². The Balaban J connectivity index is 0. The summed E-state index contributed by atoms with van der Waals surface area (Å²) in [6.07, 6.45) is 16.0. The topological polar surface area (TPSA) is 12.4 Å². The number of hydrogen-bond acceptors (Lipinski definition) is 1. The van der Waals surface area contributed by atoms with Gasteiger partial charge in [-0.25, -0.2) is 0 Å². The molecule has 3 heteroatoms. The Morgan fingerprint density at radius 2 is 1.11 bits per heavy atom. The van der Waals surface area contributed by atoms with Gasteiger partial charge in [0.1, 0.15) is 0 Å². The Bertz CT molecular complexity index is 730. The van der Waals surface area contributed by atoms with Gasteiger partial charge in [0, 0.05) is 33.8 Å². The van der Waals surface area contributed by atoms with Crippen LogP contribution in [0.4, 0.5) is 0 Å². The summed E-state index contributed by atoms with van der Waals surface area (Å²) in [5, 5.41) is 0. The zero-order valence-electron chi connectivity index (χ0n) is 26.3. The molecule has 0 unspecified atom stereocenters. The van der Waals surface area contributed by atoms with E-state index in [-0.39, 0.29) is 21.7 Å². The van der Waals surface area contributed by atoms with E-state index in [1.807, 2.05) is 0 Å². The molecular weight excluding hydrogens is 477 g/mol. The van der Waals surface area contributed by atoms with Crippen LogP contribution in [0.3, 0.4) is 0 Å². The molecule has 0 spiro atoms. The molecular formula is C32H60NPTi. The Kier molecular flexibility index (Phi) is 16.3. The van der Waals surface area contributed by atoms with Gasteiger partial charge in [-0.05, 0) is 73.5 Å². The molecule has 0 aromatic heterocycles. The molecule has 0 radical (unpaired) electrons. The molecule has 0 atom stereocenters. The molecule has 1 aliphatic rings. The van der Waals surface area contributed by atoms with Crippen LogP contribution in [-0.4, -0.2) is 18.5 Å². The largest absolute Gasteiger partial charge is 0.272 e. The standard InChI is InChI=1S/C20H38NP.C12H22.Ti/c1-18(2,3)14-22(15-19(4,5)6,16-20(7,8)9)21-17-12-10-11-13-17;1-9(2)7-11(5)12(6)8-10(3)4;/h10-12H,13-16H2,1-9H3;7-10H,1-6H3;. The summed E-state index contributed by atoms with van der Waals surface area (Å²) in [7, 11) is -1.39. The van der Waals surface area contributed by atoms with Gasteiger partial charge in [-0.1, -0.05) is 125 Å². The van der Waals surface area contributed by atoms with Crippen LogP contribution in [-0.2, 0) is 21.7 Å². The van der Waals surface area contributed by atoms with Crippen LogP contribution in [0.2, 0.25) is 0 Å². The molecule has 0 bridgehead atoms. The first-order valence-electron chi connectivity index (χ1n) is 13.5. The molecule has 202 valence electrons. The van der Waals surface area contributed by atoms with Gasteiger partial charge in [0.15, 0.2) is 0 Å². The molecule has 0 heterocycles. The van der Waals surface area contributed by atoms with Crippen LogP contribution in [0.5, 0.6) is 0 Å². The van der Waals surface area contributed by atoms with Gasteiger partial charge in [-0.3, -0.25) is 4.74 Å². The predicted molar refractivity (Wildman–Crippen MR) is 161 cm³/mol. The second kappa shape index (κ2) is 15.3. The van der Waals surface area contributed by atoms with Crippen LogP contribution in [0, 0.1) is 28.1 Å². The molecule has 0 aromatic carbocycles. The fraction of sp³-hybridized carbons (Fsp3) is 0.750. The maximum absolute atomic E-state index is 5.47. The van der Waals surface area contributed by atoms with Gasteiger partial charge in [0.2, 0.25) is 0 Å². The van der Waals surface area contributed by atoms with E-state index < -0.39 is 7.05 Å². The van der Waals surface area contributed by atoms with Gasteiger partial charge in [0.05, 0.1) is 0 Å². The van der Waals surface area contributed by atoms with Gasteiger partial charge in [0.25, 0.3) is 0 Å².